The molecule has 0 aromatic heterocycles. The van der Waals surface area contributed by atoms with E-state index in [4.69, 9.17) is 16.3 Å². The molecule has 0 bridgehead atoms. The highest BCUT2D eigenvalue weighted by Crippen LogP contribution is 2.42. The van der Waals surface area contributed by atoms with Crippen molar-refractivity contribution in [1.82, 2.24) is 0 Å². The van der Waals surface area contributed by atoms with Crippen molar-refractivity contribution in [3.8, 4) is 5.75 Å². The molecule has 4 heteroatoms. The standard InChI is InChI=1S/C17H17BrClNO/c1-21-17-7-6-12(18)10-16(17)20-13-8-11(9-13)14-4-2-3-5-15(14)19/h2-7,10-11,13,20H,8-9H2,1H3. The Morgan fingerprint density at radius 3 is 2.67 bits per heavy atom. The molecule has 0 heterocycles. The molecule has 0 amide bonds. The first kappa shape index (κ1) is 14.7. The van der Waals surface area contributed by atoms with Crippen LogP contribution in [-0.2, 0) is 0 Å². The third kappa shape index (κ3) is 3.19. The van der Waals surface area contributed by atoms with Gasteiger partial charge in [0.25, 0.3) is 0 Å². The number of benzene rings is 2. The summed E-state index contributed by atoms with van der Waals surface area (Å²) in [5.74, 6) is 1.42. The number of hydrogen-bond donors (Lipinski definition) is 1. The van der Waals surface area contributed by atoms with Crippen molar-refractivity contribution < 1.29 is 4.74 Å². The van der Waals surface area contributed by atoms with Crippen LogP contribution in [0.5, 0.6) is 5.75 Å². The summed E-state index contributed by atoms with van der Waals surface area (Å²) >= 11 is 9.76. The Morgan fingerprint density at radius 2 is 1.95 bits per heavy atom. The van der Waals surface area contributed by atoms with Gasteiger partial charge in [0.15, 0.2) is 0 Å². The summed E-state index contributed by atoms with van der Waals surface area (Å²) in [5, 5.41) is 4.44. The Kier molecular flexibility index (Phi) is 4.41. The zero-order chi connectivity index (χ0) is 14.8. The quantitative estimate of drug-likeness (QED) is 0.774. The highest BCUT2D eigenvalue weighted by molar-refractivity contribution is 9.10. The smallest absolute Gasteiger partial charge is 0.142 e. The minimum Gasteiger partial charge on any atom is -0.495 e. The minimum absolute atomic E-state index is 0.467. The first-order valence-corrected chi connectivity index (χ1v) is 8.19. The molecule has 1 aliphatic carbocycles. The Labute approximate surface area is 138 Å². The molecule has 1 fully saturated rings. The zero-order valence-corrected chi connectivity index (χ0v) is 14.1. The number of nitrogens with one attached hydrogen (secondary N) is 1. The molecule has 110 valence electrons. The Bertz CT molecular complexity index is 640. The molecule has 0 radical (unpaired) electrons. The summed E-state index contributed by atoms with van der Waals surface area (Å²) in [7, 11) is 1.70. The normalized spacial score (nSPS) is 20.7. The van der Waals surface area contributed by atoms with E-state index < -0.39 is 0 Å². The SMILES string of the molecule is COc1ccc(Br)cc1NC1CC(c2ccccc2Cl)C1. The fourth-order valence-electron chi connectivity index (χ4n) is 2.81. The lowest BCUT2D eigenvalue weighted by molar-refractivity contribution is 0.370. The average Bonchev–Trinajstić information content (AvgIpc) is 2.44. The highest BCUT2D eigenvalue weighted by Gasteiger charge is 2.31. The summed E-state index contributed by atoms with van der Waals surface area (Å²) in [6, 6.07) is 14.6. The summed E-state index contributed by atoms with van der Waals surface area (Å²) in [4.78, 5) is 0. The summed E-state index contributed by atoms with van der Waals surface area (Å²) in [5.41, 5.74) is 2.30. The molecule has 2 aromatic carbocycles. The molecule has 2 aromatic rings. The van der Waals surface area contributed by atoms with Gasteiger partial charge >= 0.3 is 0 Å². The molecule has 21 heavy (non-hydrogen) atoms. The number of halogens is 2. The maximum atomic E-state index is 6.26. The van der Waals surface area contributed by atoms with E-state index in [1.54, 1.807) is 7.11 Å². The number of hydrogen-bond acceptors (Lipinski definition) is 2. The lowest BCUT2D eigenvalue weighted by Crippen LogP contribution is -2.34. The molecular formula is C17H17BrClNO. The van der Waals surface area contributed by atoms with Crippen LogP contribution in [0.1, 0.15) is 24.3 Å². The summed E-state index contributed by atoms with van der Waals surface area (Å²) < 4.78 is 6.44. The lowest BCUT2D eigenvalue weighted by atomic mass is 9.76. The van der Waals surface area contributed by atoms with Crippen molar-refractivity contribution in [1.29, 1.82) is 0 Å². The van der Waals surface area contributed by atoms with Gasteiger partial charge in [-0.15, -0.1) is 0 Å². The number of anilines is 1. The third-order valence-corrected chi connectivity index (χ3v) is 4.84. The predicted molar refractivity (Wildman–Crippen MR) is 91.5 cm³/mol. The van der Waals surface area contributed by atoms with Gasteiger partial charge in [0.05, 0.1) is 12.8 Å². The van der Waals surface area contributed by atoms with Crippen molar-refractivity contribution in [3.05, 3.63) is 57.5 Å². The summed E-state index contributed by atoms with van der Waals surface area (Å²) in [6.07, 6.45) is 2.19. The van der Waals surface area contributed by atoms with Gasteiger partial charge in [-0.25, -0.2) is 0 Å². The van der Waals surface area contributed by atoms with Crippen molar-refractivity contribution in [2.75, 3.05) is 12.4 Å². The van der Waals surface area contributed by atoms with Crippen LogP contribution < -0.4 is 10.1 Å². The molecule has 0 saturated heterocycles. The predicted octanol–water partition coefficient (Wildman–Crippen LogP) is 5.47. The van der Waals surface area contributed by atoms with Crippen molar-refractivity contribution >= 4 is 33.2 Å². The molecule has 1 aliphatic rings. The molecule has 0 atom stereocenters. The van der Waals surface area contributed by atoms with Gasteiger partial charge < -0.3 is 10.1 Å². The fourth-order valence-corrected chi connectivity index (χ4v) is 3.46. The van der Waals surface area contributed by atoms with Crippen molar-refractivity contribution in [2.45, 2.75) is 24.8 Å². The van der Waals surface area contributed by atoms with E-state index in [2.05, 4.69) is 39.4 Å². The Morgan fingerprint density at radius 1 is 1.19 bits per heavy atom. The Balaban J connectivity index is 1.65. The van der Waals surface area contributed by atoms with Crippen LogP contribution in [0.25, 0.3) is 0 Å². The van der Waals surface area contributed by atoms with Crippen LogP contribution in [0.15, 0.2) is 46.9 Å². The second kappa shape index (κ2) is 6.29. The van der Waals surface area contributed by atoms with Crippen LogP contribution in [0.2, 0.25) is 5.02 Å². The number of methoxy groups -OCH3 is 1. The monoisotopic (exact) mass is 365 g/mol. The van der Waals surface area contributed by atoms with E-state index in [1.807, 2.05) is 24.3 Å². The maximum Gasteiger partial charge on any atom is 0.142 e. The fraction of sp³-hybridized carbons (Fsp3) is 0.294. The molecular weight excluding hydrogens is 350 g/mol. The van der Waals surface area contributed by atoms with E-state index >= 15 is 0 Å². The molecule has 1 saturated carbocycles. The van der Waals surface area contributed by atoms with Crippen LogP contribution >= 0.6 is 27.5 Å². The first-order valence-electron chi connectivity index (χ1n) is 7.02. The average molecular weight is 367 g/mol. The largest absolute Gasteiger partial charge is 0.495 e. The molecule has 0 unspecified atom stereocenters. The van der Waals surface area contributed by atoms with E-state index in [9.17, 15) is 0 Å². The van der Waals surface area contributed by atoms with Gasteiger partial charge in [0, 0.05) is 15.5 Å². The van der Waals surface area contributed by atoms with Crippen LogP contribution in [0.3, 0.4) is 0 Å². The van der Waals surface area contributed by atoms with Gasteiger partial charge in [-0.2, -0.15) is 0 Å². The number of rotatable bonds is 4. The second-order valence-corrected chi connectivity index (χ2v) is 6.70. The summed E-state index contributed by atoms with van der Waals surface area (Å²) in [6.45, 7) is 0. The Hall–Kier alpha value is -1.19. The lowest BCUT2D eigenvalue weighted by Gasteiger charge is -2.37. The van der Waals surface area contributed by atoms with Crippen LogP contribution in [0, 0.1) is 0 Å². The molecule has 2 nitrogen and oxygen atoms in total. The minimum atomic E-state index is 0.467. The third-order valence-electron chi connectivity index (χ3n) is 4.00. The zero-order valence-electron chi connectivity index (χ0n) is 11.8. The van der Waals surface area contributed by atoms with Crippen LogP contribution in [-0.4, -0.2) is 13.2 Å². The van der Waals surface area contributed by atoms with Gasteiger partial charge in [0.2, 0.25) is 0 Å². The molecule has 1 N–H and O–H groups in total. The van der Waals surface area contributed by atoms with Gasteiger partial charge in [0.1, 0.15) is 5.75 Å². The van der Waals surface area contributed by atoms with Gasteiger partial charge in [-0.3, -0.25) is 0 Å². The van der Waals surface area contributed by atoms with Crippen molar-refractivity contribution in [2.24, 2.45) is 0 Å². The molecule has 0 spiro atoms. The maximum absolute atomic E-state index is 6.26. The van der Waals surface area contributed by atoms with Gasteiger partial charge in [-0.1, -0.05) is 45.7 Å². The van der Waals surface area contributed by atoms with E-state index in [-0.39, 0.29) is 0 Å². The number of ether oxygens (including phenoxy) is 1. The van der Waals surface area contributed by atoms with E-state index in [0.717, 1.165) is 33.8 Å². The topological polar surface area (TPSA) is 21.3 Å². The van der Waals surface area contributed by atoms with Gasteiger partial charge in [-0.05, 0) is 48.6 Å². The molecule has 0 aliphatic heterocycles. The van der Waals surface area contributed by atoms with Crippen molar-refractivity contribution in [3.63, 3.8) is 0 Å². The van der Waals surface area contributed by atoms with E-state index in [1.165, 1.54) is 5.56 Å². The second-order valence-electron chi connectivity index (χ2n) is 5.38. The molecule has 3 rings (SSSR count). The van der Waals surface area contributed by atoms with E-state index in [0.29, 0.717) is 12.0 Å². The van der Waals surface area contributed by atoms with Crippen LogP contribution in [0.4, 0.5) is 5.69 Å². The first-order chi connectivity index (χ1) is 10.2. The highest BCUT2D eigenvalue weighted by atomic mass is 79.9.